The molecule has 1 rings (SSSR count). The predicted molar refractivity (Wildman–Crippen MR) is 67.8 cm³/mol. The maximum atomic E-state index is 6.09. The molecule has 0 unspecified atom stereocenters. The zero-order valence-electron chi connectivity index (χ0n) is 9.64. The number of benzene rings is 1. The Kier molecular flexibility index (Phi) is 5.77. The van der Waals surface area contributed by atoms with Crippen LogP contribution in [-0.2, 0) is 6.54 Å². The highest BCUT2D eigenvalue weighted by atomic mass is 35.5. The summed E-state index contributed by atoms with van der Waals surface area (Å²) in [6, 6.07) is 5.82. The lowest BCUT2D eigenvalue weighted by Gasteiger charge is -2.08. The summed E-state index contributed by atoms with van der Waals surface area (Å²) in [5.74, 6) is 6.49. The standard InChI is InChI=1S/C13H16ClNO/c1-3-4-5-8-16-13-7-6-11(10-15-2)9-12(13)14/h6-7,9,15H,5,8,10H2,1-2H3. The van der Waals surface area contributed by atoms with Gasteiger partial charge in [-0.25, -0.2) is 0 Å². The average molecular weight is 238 g/mol. The normalized spacial score (nSPS) is 9.44. The van der Waals surface area contributed by atoms with Crippen LogP contribution in [0.3, 0.4) is 0 Å². The fourth-order valence-corrected chi connectivity index (χ4v) is 1.57. The molecule has 0 spiro atoms. The molecule has 16 heavy (non-hydrogen) atoms. The van der Waals surface area contributed by atoms with E-state index in [1.807, 2.05) is 32.2 Å². The summed E-state index contributed by atoms with van der Waals surface area (Å²) in [5.41, 5.74) is 1.15. The van der Waals surface area contributed by atoms with E-state index in [9.17, 15) is 0 Å². The molecule has 0 saturated heterocycles. The van der Waals surface area contributed by atoms with Gasteiger partial charge in [-0.2, -0.15) is 0 Å². The van der Waals surface area contributed by atoms with Gasteiger partial charge >= 0.3 is 0 Å². The first-order valence-corrected chi connectivity index (χ1v) is 5.61. The van der Waals surface area contributed by atoms with E-state index in [4.69, 9.17) is 16.3 Å². The SMILES string of the molecule is CC#CCCOc1ccc(CNC)cc1Cl. The molecule has 0 heterocycles. The van der Waals surface area contributed by atoms with Gasteiger partial charge in [0.2, 0.25) is 0 Å². The predicted octanol–water partition coefficient (Wildman–Crippen LogP) is 2.85. The molecule has 0 atom stereocenters. The van der Waals surface area contributed by atoms with E-state index in [-0.39, 0.29) is 0 Å². The van der Waals surface area contributed by atoms with Crippen molar-refractivity contribution in [3.63, 3.8) is 0 Å². The second-order valence-corrected chi connectivity index (χ2v) is 3.73. The van der Waals surface area contributed by atoms with Crippen LogP contribution in [0.4, 0.5) is 0 Å². The molecule has 2 nitrogen and oxygen atoms in total. The van der Waals surface area contributed by atoms with Gasteiger partial charge < -0.3 is 10.1 Å². The quantitative estimate of drug-likeness (QED) is 0.628. The fraction of sp³-hybridized carbons (Fsp3) is 0.385. The lowest BCUT2D eigenvalue weighted by Crippen LogP contribution is -2.05. The molecule has 0 radical (unpaired) electrons. The third kappa shape index (κ3) is 4.14. The Morgan fingerprint density at radius 3 is 2.88 bits per heavy atom. The number of nitrogens with one attached hydrogen (secondary N) is 1. The molecule has 0 aliphatic carbocycles. The van der Waals surface area contributed by atoms with Crippen LogP contribution >= 0.6 is 11.6 Å². The number of hydrogen-bond donors (Lipinski definition) is 1. The maximum Gasteiger partial charge on any atom is 0.137 e. The Bertz CT molecular complexity index is 393. The van der Waals surface area contributed by atoms with E-state index >= 15 is 0 Å². The van der Waals surface area contributed by atoms with Gasteiger partial charge in [0, 0.05) is 13.0 Å². The van der Waals surface area contributed by atoms with E-state index < -0.39 is 0 Å². The van der Waals surface area contributed by atoms with Gasteiger partial charge in [-0.3, -0.25) is 0 Å². The Labute approximate surface area is 102 Å². The van der Waals surface area contributed by atoms with Crippen molar-refractivity contribution in [3.05, 3.63) is 28.8 Å². The smallest absolute Gasteiger partial charge is 0.137 e. The number of hydrogen-bond acceptors (Lipinski definition) is 2. The molecule has 0 fully saturated rings. The van der Waals surface area contributed by atoms with Crippen LogP contribution in [0, 0.1) is 11.8 Å². The second-order valence-electron chi connectivity index (χ2n) is 3.32. The second kappa shape index (κ2) is 7.16. The van der Waals surface area contributed by atoms with Gasteiger partial charge in [-0.05, 0) is 31.7 Å². The van der Waals surface area contributed by atoms with Gasteiger partial charge in [0.15, 0.2) is 0 Å². The molecule has 0 bridgehead atoms. The third-order valence-corrected chi connectivity index (χ3v) is 2.33. The van der Waals surface area contributed by atoms with E-state index in [0.29, 0.717) is 11.6 Å². The molecule has 86 valence electrons. The van der Waals surface area contributed by atoms with Crippen LogP contribution in [0.1, 0.15) is 18.9 Å². The molecule has 0 aliphatic rings. The minimum Gasteiger partial charge on any atom is -0.491 e. The first kappa shape index (κ1) is 12.9. The van der Waals surface area contributed by atoms with Crippen molar-refractivity contribution < 1.29 is 4.74 Å². The van der Waals surface area contributed by atoms with Crippen LogP contribution in [-0.4, -0.2) is 13.7 Å². The molecule has 1 aromatic carbocycles. The molecule has 0 saturated carbocycles. The van der Waals surface area contributed by atoms with E-state index in [0.717, 1.165) is 24.3 Å². The first-order valence-electron chi connectivity index (χ1n) is 5.23. The molecule has 3 heteroatoms. The van der Waals surface area contributed by atoms with Gasteiger partial charge in [-0.15, -0.1) is 11.8 Å². The highest BCUT2D eigenvalue weighted by Crippen LogP contribution is 2.25. The molecular weight excluding hydrogens is 222 g/mol. The molecule has 0 aliphatic heterocycles. The number of ether oxygens (including phenoxy) is 1. The van der Waals surface area contributed by atoms with E-state index in [1.165, 1.54) is 0 Å². The monoisotopic (exact) mass is 237 g/mol. The van der Waals surface area contributed by atoms with Crippen molar-refractivity contribution in [3.8, 4) is 17.6 Å². The Morgan fingerprint density at radius 1 is 1.44 bits per heavy atom. The van der Waals surface area contributed by atoms with Crippen LogP contribution < -0.4 is 10.1 Å². The zero-order valence-corrected chi connectivity index (χ0v) is 10.4. The van der Waals surface area contributed by atoms with Crippen LogP contribution in [0.15, 0.2) is 18.2 Å². The van der Waals surface area contributed by atoms with Crippen molar-refractivity contribution in [2.75, 3.05) is 13.7 Å². The van der Waals surface area contributed by atoms with Crippen molar-refractivity contribution in [2.45, 2.75) is 19.9 Å². The van der Waals surface area contributed by atoms with Crippen molar-refractivity contribution in [2.24, 2.45) is 0 Å². The van der Waals surface area contributed by atoms with Crippen LogP contribution in [0.5, 0.6) is 5.75 Å². The van der Waals surface area contributed by atoms with Gasteiger partial charge in [0.05, 0.1) is 11.6 Å². The summed E-state index contributed by atoms with van der Waals surface area (Å²) < 4.78 is 5.52. The highest BCUT2D eigenvalue weighted by Gasteiger charge is 2.02. The number of rotatable bonds is 5. The molecular formula is C13H16ClNO. The minimum atomic E-state index is 0.575. The van der Waals surface area contributed by atoms with E-state index in [1.54, 1.807) is 0 Å². The lowest BCUT2D eigenvalue weighted by atomic mass is 10.2. The first-order chi connectivity index (χ1) is 7.77. The summed E-state index contributed by atoms with van der Waals surface area (Å²) in [7, 11) is 1.90. The Hall–Kier alpha value is -1.17. The average Bonchev–Trinajstić information content (AvgIpc) is 2.27. The van der Waals surface area contributed by atoms with Gasteiger partial charge in [-0.1, -0.05) is 17.7 Å². The summed E-state index contributed by atoms with van der Waals surface area (Å²) >= 11 is 6.09. The molecule has 1 aromatic rings. The summed E-state index contributed by atoms with van der Waals surface area (Å²) in [6.45, 7) is 3.20. The lowest BCUT2D eigenvalue weighted by molar-refractivity contribution is 0.327. The Morgan fingerprint density at radius 2 is 2.25 bits per heavy atom. The zero-order chi connectivity index (χ0) is 11.8. The summed E-state index contributed by atoms with van der Waals surface area (Å²) in [6.07, 6.45) is 0.727. The highest BCUT2D eigenvalue weighted by molar-refractivity contribution is 6.32. The maximum absolute atomic E-state index is 6.09. The van der Waals surface area contributed by atoms with Crippen LogP contribution in [0.25, 0.3) is 0 Å². The summed E-state index contributed by atoms with van der Waals surface area (Å²) in [4.78, 5) is 0. The minimum absolute atomic E-state index is 0.575. The third-order valence-electron chi connectivity index (χ3n) is 2.04. The summed E-state index contributed by atoms with van der Waals surface area (Å²) in [5, 5.41) is 3.72. The largest absolute Gasteiger partial charge is 0.491 e. The van der Waals surface area contributed by atoms with E-state index in [2.05, 4.69) is 17.2 Å². The van der Waals surface area contributed by atoms with Gasteiger partial charge in [0.1, 0.15) is 5.75 Å². The topological polar surface area (TPSA) is 21.3 Å². The van der Waals surface area contributed by atoms with Crippen molar-refractivity contribution in [1.29, 1.82) is 0 Å². The number of halogens is 1. The molecule has 0 amide bonds. The fourth-order valence-electron chi connectivity index (χ4n) is 1.31. The van der Waals surface area contributed by atoms with Crippen molar-refractivity contribution in [1.82, 2.24) is 5.32 Å². The molecule has 1 N–H and O–H groups in total. The molecule has 0 aromatic heterocycles. The van der Waals surface area contributed by atoms with Crippen molar-refractivity contribution >= 4 is 11.6 Å². The van der Waals surface area contributed by atoms with Gasteiger partial charge in [0.25, 0.3) is 0 Å². The van der Waals surface area contributed by atoms with Crippen LogP contribution in [0.2, 0.25) is 5.02 Å². The Balaban J connectivity index is 2.56.